The van der Waals surface area contributed by atoms with Crippen LogP contribution in [-0.4, -0.2) is 88.5 Å². The van der Waals surface area contributed by atoms with Gasteiger partial charge in [-0.15, -0.1) is 10.2 Å². The lowest BCUT2D eigenvalue weighted by atomic mass is 10.6. The van der Waals surface area contributed by atoms with Crippen molar-refractivity contribution in [2.24, 2.45) is 0 Å². The van der Waals surface area contributed by atoms with E-state index in [9.17, 15) is 4.79 Å². The van der Waals surface area contributed by atoms with E-state index in [4.69, 9.17) is 5.11 Å². The maximum atomic E-state index is 10.7. The molecule has 0 fully saturated rings. The monoisotopic (exact) mass is 359 g/mol. The van der Waals surface area contributed by atoms with Gasteiger partial charge in [-0.25, -0.2) is 9.36 Å². The molecule has 23 heavy (non-hydrogen) atoms. The summed E-state index contributed by atoms with van der Waals surface area (Å²) in [6.45, 7) is 1.34. The maximum absolute atomic E-state index is 10.7. The first-order chi connectivity index (χ1) is 11.1. The van der Waals surface area contributed by atoms with E-state index < -0.39 is 5.97 Å². The zero-order valence-corrected chi connectivity index (χ0v) is 14.4. The number of rotatable bonds is 10. The fraction of sp³-hybridized carbons (Fsp3) is 0.700. The summed E-state index contributed by atoms with van der Waals surface area (Å²) in [5.74, 6) is 0.492. The number of thioether (sulfide) groups is 2. The van der Waals surface area contributed by atoms with Crippen LogP contribution in [0.4, 0.5) is 0 Å². The average Bonchev–Trinajstić information content (AvgIpc) is 3.10. The van der Waals surface area contributed by atoms with Gasteiger partial charge >= 0.3 is 5.97 Å². The highest BCUT2D eigenvalue weighted by molar-refractivity contribution is 8.02. The Kier molecular flexibility index (Phi) is 6.73. The Morgan fingerprint density at radius 1 is 1.09 bits per heavy atom. The van der Waals surface area contributed by atoms with Gasteiger partial charge in [-0.05, 0) is 34.9 Å². The third-order valence-corrected chi connectivity index (χ3v) is 4.76. The molecular formula is C10H17N9O2S2. The third kappa shape index (κ3) is 5.76. The fourth-order valence-corrected chi connectivity index (χ4v) is 3.28. The second-order valence-electron chi connectivity index (χ2n) is 4.70. The van der Waals surface area contributed by atoms with Gasteiger partial charge in [0.1, 0.15) is 6.54 Å². The van der Waals surface area contributed by atoms with Crippen molar-refractivity contribution in [3.8, 4) is 0 Å². The highest BCUT2D eigenvalue weighted by atomic mass is 32.2. The molecule has 11 nitrogen and oxygen atoms in total. The van der Waals surface area contributed by atoms with Crippen molar-refractivity contribution in [3.05, 3.63) is 0 Å². The molecule has 0 aliphatic rings. The number of likely N-dealkylation sites (N-methyl/N-ethyl adjacent to an activating group) is 1. The van der Waals surface area contributed by atoms with Crippen LogP contribution >= 0.6 is 23.5 Å². The molecule has 2 aromatic rings. The molecular weight excluding hydrogens is 342 g/mol. The van der Waals surface area contributed by atoms with Crippen LogP contribution in [0.5, 0.6) is 0 Å². The average molecular weight is 359 g/mol. The van der Waals surface area contributed by atoms with Gasteiger partial charge in [0, 0.05) is 18.1 Å². The molecule has 0 amide bonds. The predicted octanol–water partition coefficient (Wildman–Crippen LogP) is -0.810. The van der Waals surface area contributed by atoms with Crippen molar-refractivity contribution in [1.82, 2.24) is 45.3 Å². The fourth-order valence-electron chi connectivity index (χ4n) is 1.53. The van der Waals surface area contributed by atoms with Crippen molar-refractivity contribution < 1.29 is 9.90 Å². The van der Waals surface area contributed by atoms with E-state index in [1.807, 2.05) is 14.1 Å². The van der Waals surface area contributed by atoms with Crippen LogP contribution in [0.15, 0.2) is 10.3 Å². The molecule has 2 aromatic heterocycles. The van der Waals surface area contributed by atoms with Crippen molar-refractivity contribution in [3.63, 3.8) is 0 Å². The Balaban J connectivity index is 1.77. The Morgan fingerprint density at radius 3 is 2.22 bits per heavy atom. The van der Waals surface area contributed by atoms with Crippen LogP contribution in [0.3, 0.4) is 0 Å². The van der Waals surface area contributed by atoms with E-state index in [0.29, 0.717) is 10.9 Å². The molecule has 0 saturated heterocycles. The number of hydrogen-bond acceptors (Lipinski definition) is 10. The highest BCUT2D eigenvalue weighted by Crippen LogP contribution is 2.19. The van der Waals surface area contributed by atoms with Crippen molar-refractivity contribution in [2.75, 3.05) is 32.1 Å². The maximum Gasteiger partial charge on any atom is 0.325 e. The summed E-state index contributed by atoms with van der Waals surface area (Å²) in [4.78, 5) is 12.8. The second-order valence-corrected chi connectivity index (χ2v) is 6.82. The highest BCUT2D eigenvalue weighted by Gasteiger charge is 2.11. The van der Waals surface area contributed by atoms with Gasteiger partial charge in [0.2, 0.25) is 10.3 Å². The molecule has 126 valence electrons. The largest absolute Gasteiger partial charge is 0.480 e. The van der Waals surface area contributed by atoms with Gasteiger partial charge in [0.05, 0.1) is 6.54 Å². The van der Waals surface area contributed by atoms with Crippen molar-refractivity contribution in [1.29, 1.82) is 0 Å². The molecule has 0 aliphatic carbocycles. The minimum absolute atomic E-state index is 0.245. The SMILES string of the molecule is CN(C)CCn1nnnc1SCCSc1nnnn1CC(=O)O. The molecule has 0 saturated carbocycles. The lowest BCUT2D eigenvalue weighted by Crippen LogP contribution is -2.19. The molecule has 13 heteroatoms. The van der Waals surface area contributed by atoms with Crippen molar-refractivity contribution in [2.45, 2.75) is 23.4 Å². The molecule has 0 radical (unpaired) electrons. The van der Waals surface area contributed by atoms with Gasteiger partial charge in [0.15, 0.2) is 0 Å². The van der Waals surface area contributed by atoms with Crippen LogP contribution in [0.25, 0.3) is 0 Å². The zero-order valence-electron chi connectivity index (χ0n) is 12.7. The molecule has 2 rings (SSSR count). The number of tetrazole rings is 2. The molecule has 0 atom stereocenters. The first-order valence-corrected chi connectivity index (χ1v) is 8.68. The lowest BCUT2D eigenvalue weighted by Gasteiger charge is -2.09. The normalized spacial score (nSPS) is 11.3. The summed E-state index contributed by atoms with van der Waals surface area (Å²) in [6.07, 6.45) is 0. The predicted molar refractivity (Wildman–Crippen MR) is 83.3 cm³/mol. The molecule has 0 bridgehead atoms. The van der Waals surface area contributed by atoms with Crippen LogP contribution in [0.1, 0.15) is 0 Å². The number of nitrogens with zero attached hydrogens (tertiary/aromatic N) is 9. The Morgan fingerprint density at radius 2 is 1.65 bits per heavy atom. The summed E-state index contributed by atoms with van der Waals surface area (Å²) in [6, 6.07) is 0. The van der Waals surface area contributed by atoms with E-state index in [2.05, 4.69) is 36.0 Å². The number of carbonyl (C=O) groups is 1. The van der Waals surface area contributed by atoms with Crippen LogP contribution in [-0.2, 0) is 17.9 Å². The van der Waals surface area contributed by atoms with Crippen molar-refractivity contribution >= 4 is 29.5 Å². The summed E-state index contributed by atoms with van der Waals surface area (Å²) in [5, 5.41) is 32.6. The third-order valence-electron chi connectivity index (χ3n) is 2.59. The number of hydrogen-bond donors (Lipinski definition) is 1. The minimum Gasteiger partial charge on any atom is -0.480 e. The topological polar surface area (TPSA) is 128 Å². The van der Waals surface area contributed by atoms with E-state index in [0.717, 1.165) is 24.0 Å². The Hall–Kier alpha value is -1.73. The lowest BCUT2D eigenvalue weighted by molar-refractivity contribution is -0.138. The molecule has 0 aromatic carbocycles. The van der Waals surface area contributed by atoms with E-state index >= 15 is 0 Å². The van der Waals surface area contributed by atoms with Gasteiger partial charge < -0.3 is 10.0 Å². The second kappa shape index (κ2) is 8.79. The summed E-state index contributed by atoms with van der Waals surface area (Å²) in [7, 11) is 3.99. The first-order valence-electron chi connectivity index (χ1n) is 6.70. The number of carboxylic acids is 1. The summed E-state index contributed by atoms with van der Waals surface area (Å²) >= 11 is 2.94. The first kappa shape index (κ1) is 17.6. The van der Waals surface area contributed by atoms with Crippen LogP contribution in [0, 0.1) is 0 Å². The molecule has 0 unspecified atom stereocenters. The molecule has 0 aliphatic heterocycles. The van der Waals surface area contributed by atoms with Crippen LogP contribution in [0.2, 0.25) is 0 Å². The molecule has 1 N–H and O–H groups in total. The smallest absolute Gasteiger partial charge is 0.325 e. The Bertz CT molecular complexity index is 629. The van der Waals surface area contributed by atoms with Gasteiger partial charge in [-0.3, -0.25) is 4.79 Å². The van der Waals surface area contributed by atoms with Gasteiger partial charge in [-0.1, -0.05) is 23.5 Å². The zero-order chi connectivity index (χ0) is 16.7. The van der Waals surface area contributed by atoms with Crippen LogP contribution < -0.4 is 0 Å². The molecule has 2 heterocycles. The van der Waals surface area contributed by atoms with E-state index in [1.165, 1.54) is 16.4 Å². The van der Waals surface area contributed by atoms with E-state index in [-0.39, 0.29) is 6.54 Å². The minimum atomic E-state index is -0.978. The van der Waals surface area contributed by atoms with E-state index in [1.54, 1.807) is 16.4 Å². The standard InChI is InChI=1S/C10H17N9O2S2/c1-17(2)3-4-18-9(11-13-15-18)22-5-6-23-10-12-14-16-19(10)7-8(20)21/h3-7H2,1-2H3,(H,20,21). The van der Waals surface area contributed by atoms with Gasteiger partial charge in [0.25, 0.3) is 0 Å². The Labute approximate surface area is 140 Å². The number of carboxylic acid groups (broad SMARTS) is 1. The quantitative estimate of drug-likeness (QED) is 0.422. The van der Waals surface area contributed by atoms with Gasteiger partial charge in [-0.2, -0.15) is 0 Å². The summed E-state index contributed by atoms with van der Waals surface area (Å²) in [5.41, 5.74) is 0. The summed E-state index contributed by atoms with van der Waals surface area (Å²) < 4.78 is 3.03. The molecule has 0 spiro atoms. The number of aromatic nitrogens is 8. The number of aliphatic carboxylic acids is 1.